The zero-order valence-electron chi connectivity index (χ0n) is 11.6. The predicted molar refractivity (Wildman–Crippen MR) is 81.9 cm³/mol. The van der Waals surface area contributed by atoms with Gasteiger partial charge < -0.3 is 10.8 Å². The Morgan fingerprint density at radius 3 is 2.45 bits per heavy atom. The SMILES string of the molecule is Cc1cc(Br)c(N)cc1S(=O)(=O)N1CCC(C)(O)CC1. The third-order valence-electron chi connectivity index (χ3n) is 3.71. The number of aryl methyl sites for hydroxylation is 1. The molecular weight excluding hydrogens is 344 g/mol. The van der Waals surface area contributed by atoms with Gasteiger partial charge in [0.1, 0.15) is 0 Å². The molecule has 3 N–H and O–H groups in total. The van der Waals surface area contributed by atoms with Gasteiger partial charge in [0.05, 0.1) is 10.5 Å². The topological polar surface area (TPSA) is 83.6 Å². The van der Waals surface area contributed by atoms with E-state index >= 15 is 0 Å². The van der Waals surface area contributed by atoms with E-state index in [1.54, 1.807) is 19.9 Å². The van der Waals surface area contributed by atoms with Crippen LogP contribution in [-0.4, -0.2) is 36.5 Å². The summed E-state index contributed by atoms with van der Waals surface area (Å²) in [6, 6.07) is 3.20. The van der Waals surface area contributed by atoms with E-state index in [2.05, 4.69) is 15.9 Å². The number of halogens is 1. The van der Waals surface area contributed by atoms with Crippen LogP contribution < -0.4 is 5.73 Å². The predicted octanol–water partition coefficient (Wildman–Crippen LogP) is 1.88. The highest BCUT2D eigenvalue weighted by molar-refractivity contribution is 9.10. The molecule has 0 amide bonds. The van der Waals surface area contributed by atoms with Gasteiger partial charge in [-0.25, -0.2) is 8.42 Å². The number of sulfonamides is 1. The minimum atomic E-state index is -3.56. The van der Waals surface area contributed by atoms with Crippen LogP contribution in [0.25, 0.3) is 0 Å². The highest BCUT2D eigenvalue weighted by Crippen LogP contribution is 2.31. The van der Waals surface area contributed by atoms with Crippen LogP contribution in [0.1, 0.15) is 25.3 Å². The number of benzene rings is 1. The molecule has 0 aliphatic carbocycles. The number of nitrogens with zero attached hydrogens (tertiary/aromatic N) is 1. The van der Waals surface area contributed by atoms with Crippen molar-refractivity contribution in [1.82, 2.24) is 4.31 Å². The molecule has 0 aromatic heterocycles. The molecule has 1 saturated heterocycles. The first-order valence-corrected chi connectivity index (χ1v) is 8.65. The largest absolute Gasteiger partial charge is 0.398 e. The maximum absolute atomic E-state index is 12.7. The second-order valence-corrected chi connectivity index (χ2v) is 8.30. The first-order valence-electron chi connectivity index (χ1n) is 6.42. The van der Waals surface area contributed by atoms with Gasteiger partial charge in [-0.05, 0) is 60.3 Å². The van der Waals surface area contributed by atoms with E-state index in [-0.39, 0.29) is 4.90 Å². The molecule has 1 fully saturated rings. The molecule has 0 unspecified atom stereocenters. The molecule has 2 rings (SSSR count). The minimum absolute atomic E-state index is 0.236. The van der Waals surface area contributed by atoms with Crippen molar-refractivity contribution in [2.24, 2.45) is 0 Å². The summed E-state index contributed by atoms with van der Waals surface area (Å²) in [4.78, 5) is 0.236. The Hall–Kier alpha value is -0.630. The Kier molecular flexibility index (Phi) is 4.17. The summed E-state index contributed by atoms with van der Waals surface area (Å²) >= 11 is 3.29. The van der Waals surface area contributed by atoms with E-state index in [9.17, 15) is 13.5 Å². The maximum Gasteiger partial charge on any atom is 0.243 e. The van der Waals surface area contributed by atoms with Crippen LogP contribution in [0.4, 0.5) is 5.69 Å². The first kappa shape index (κ1) is 15.8. The van der Waals surface area contributed by atoms with E-state index in [0.717, 1.165) is 0 Å². The maximum atomic E-state index is 12.7. The van der Waals surface area contributed by atoms with E-state index in [4.69, 9.17) is 5.73 Å². The van der Waals surface area contributed by atoms with Crippen molar-refractivity contribution in [3.8, 4) is 0 Å². The van der Waals surface area contributed by atoms with Gasteiger partial charge in [-0.2, -0.15) is 4.31 Å². The Morgan fingerprint density at radius 2 is 1.90 bits per heavy atom. The first-order chi connectivity index (χ1) is 9.13. The van der Waals surface area contributed by atoms with E-state index in [0.29, 0.717) is 41.7 Å². The van der Waals surface area contributed by atoms with E-state index < -0.39 is 15.6 Å². The van der Waals surface area contributed by atoms with Gasteiger partial charge in [0.25, 0.3) is 0 Å². The summed E-state index contributed by atoms with van der Waals surface area (Å²) in [7, 11) is -3.56. The molecule has 1 aliphatic heterocycles. The molecule has 1 aromatic carbocycles. The highest BCUT2D eigenvalue weighted by atomic mass is 79.9. The number of rotatable bonds is 2. The molecule has 20 heavy (non-hydrogen) atoms. The number of piperidine rings is 1. The van der Waals surface area contributed by atoms with Gasteiger partial charge in [-0.15, -0.1) is 0 Å². The molecule has 0 saturated carbocycles. The summed E-state index contributed by atoms with van der Waals surface area (Å²) in [5.74, 6) is 0. The minimum Gasteiger partial charge on any atom is -0.398 e. The van der Waals surface area contributed by atoms with Crippen LogP contribution in [0.5, 0.6) is 0 Å². The smallest absolute Gasteiger partial charge is 0.243 e. The lowest BCUT2D eigenvalue weighted by molar-refractivity contribution is 0.0126. The molecule has 1 aliphatic rings. The van der Waals surface area contributed by atoms with Crippen molar-refractivity contribution >= 4 is 31.6 Å². The van der Waals surface area contributed by atoms with E-state index in [1.165, 1.54) is 10.4 Å². The van der Waals surface area contributed by atoms with E-state index in [1.807, 2.05) is 0 Å². The highest BCUT2D eigenvalue weighted by Gasteiger charge is 2.34. The Labute approximate surface area is 128 Å². The fraction of sp³-hybridized carbons (Fsp3) is 0.538. The lowest BCUT2D eigenvalue weighted by atomic mass is 9.95. The molecule has 0 radical (unpaired) electrons. The van der Waals surface area contributed by atoms with Crippen molar-refractivity contribution in [3.05, 3.63) is 22.2 Å². The number of nitrogens with two attached hydrogens (primary N) is 1. The van der Waals surface area contributed by atoms with Crippen LogP contribution in [0.15, 0.2) is 21.5 Å². The van der Waals surface area contributed by atoms with Gasteiger partial charge in [0.2, 0.25) is 10.0 Å². The summed E-state index contributed by atoms with van der Waals surface area (Å²) in [5, 5.41) is 9.92. The molecule has 0 spiro atoms. The molecular formula is C13H19BrN2O3S. The van der Waals surface area contributed by atoms with Crippen LogP contribution in [0, 0.1) is 6.92 Å². The monoisotopic (exact) mass is 362 g/mol. The number of nitrogen functional groups attached to an aromatic ring is 1. The molecule has 1 aromatic rings. The second kappa shape index (κ2) is 5.29. The van der Waals surface area contributed by atoms with Crippen LogP contribution in [0.3, 0.4) is 0 Å². The normalized spacial score (nSPS) is 20.0. The summed E-state index contributed by atoms with van der Waals surface area (Å²) in [6.45, 7) is 4.13. The summed E-state index contributed by atoms with van der Waals surface area (Å²) in [6.07, 6.45) is 0.884. The molecule has 112 valence electrons. The quantitative estimate of drug-likeness (QED) is 0.786. The van der Waals surface area contributed by atoms with Gasteiger partial charge in [0, 0.05) is 23.2 Å². The summed E-state index contributed by atoms with van der Waals surface area (Å²) < 4.78 is 27.4. The van der Waals surface area contributed by atoms with Crippen LogP contribution in [0.2, 0.25) is 0 Å². The lowest BCUT2D eigenvalue weighted by Crippen LogP contribution is -2.45. The van der Waals surface area contributed by atoms with Gasteiger partial charge >= 0.3 is 0 Å². The Balaban J connectivity index is 2.34. The van der Waals surface area contributed by atoms with Crippen molar-refractivity contribution in [2.45, 2.75) is 37.2 Å². The molecule has 0 atom stereocenters. The average Bonchev–Trinajstić information content (AvgIpc) is 2.33. The van der Waals surface area contributed by atoms with Gasteiger partial charge in [-0.1, -0.05) is 0 Å². The van der Waals surface area contributed by atoms with Crippen molar-refractivity contribution in [2.75, 3.05) is 18.8 Å². The molecule has 5 nitrogen and oxygen atoms in total. The van der Waals surface area contributed by atoms with Crippen molar-refractivity contribution in [3.63, 3.8) is 0 Å². The third-order valence-corrected chi connectivity index (χ3v) is 6.44. The second-order valence-electron chi connectivity index (χ2n) is 5.54. The number of aliphatic hydroxyl groups is 1. The Morgan fingerprint density at radius 1 is 1.35 bits per heavy atom. The van der Waals surface area contributed by atoms with Crippen LogP contribution >= 0.6 is 15.9 Å². The zero-order chi connectivity index (χ0) is 15.1. The van der Waals surface area contributed by atoms with Crippen molar-refractivity contribution in [1.29, 1.82) is 0 Å². The van der Waals surface area contributed by atoms with Gasteiger partial charge in [-0.3, -0.25) is 0 Å². The molecule has 1 heterocycles. The van der Waals surface area contributed by atoms with Gasteiger partial charge in [0.15, 0.2) is 0 Å². The summed E-state index contributed by atoms with van der Waals surface area (Å²) in [5.41, 5.74) is 6.07. The number of hydrogen-bond acceptors (Lipinski definition) is 4. The molecule has 0 bridgehead atoms. The van der Waals surface area contributed by atoms with Crippen LogP contribution in [-0.2, 0) is 10.0 Å². The third kappa shape index (κ3) is 3.00. The number of anilines is 1. The van der Waals surface area contributed by atoms with Crippen molar-refractivity contribution < 1.29 is 13.5 Å². The number of hydrogen-bond donors (Lipinski definition) is 2. The fourth-order valence-electron chi connectivity index (χ4n) is 2.29. The molecule has 7 heteroatoms. The standard InChI is InChI=1S/C13H19BrN2O3S/c1-9-7-10(14)11(15)8-12(9)20(18,19)16-5-3-13(2,17)4-6-16/h7-8,17H,3-6,15H2,1-2H3. The zero-order valence-corrected chi connectivity index (χ0v) is 14.0. The average molecular weight is 363 g/mol. The fourth-order valence-corrected chi connectivity index (χ4v) is 4.43. The Bertz CT molecular complexity index is 619. The lowest BCUT2D eigenvalue weighted by Gasteiger charge is -2.35.